The number of methoxy groups -OCH3 is 1. The topological polar surface area (TPSA) is 73.9 Å². The Balaban J connectivity index is 1.93. The lowest BCUT2D eigenvalue weighted by molar-refractivity contribution is 0.415. The van der Waals surface area contributed by atoms with Crippen molar-refractivity contribution in [2.75, 3.05) is 12.8 Å². The molecule has 0 atom stereocenters. The number of hydrogen-bond acceptors (Lipinski definition) is 5. The van der Waals surface area contributed by atoms with E-state index in [-0.39, 0.29) is 5.95 Å². The van der Waals surface area contributed by atoms with Gasteiger partial charge in [0.05, 0.1) is 18.5 Å². The molecule has 0 unspecified atom stereocenters. The summed E-state index contributed by atoms with van der Waals surface area (Å²) in [5, 5.41) is 0. The van der Waals surface area contributed by atoms with Crippen LogP contribution in [0.4, 0.5) is 5.95 Å². The summed E-state index contributed by atoms with van der Waals surface area (Å²) in [6.07, 6.45) is 3.41. The lowest BCUT2D eigenvalue weighted by Gasteiger charge is -2.05. The smallest absolute Gasteiger partial charge is 0.220 e. The number of ether oxygens (including phenoxy) is 1. The predicted octanol–water partition coefficient (Wildman–Crippen LogP) is 2.80. The van der Waals surface area contributed by atoms with Crippen molar-refractivity contribution in [3.8, 4) is 28.3 Å². The van der Waals surface area contributed by atoms with Crippen molar-refractivity contribution in [1.82, 2.24) is 15.0 Å². The molecular weight excluding hydrogens is 264 g/mol. The first-order valence-electron chi connectivity index (χ1n) is 6.45. The van der Waals surface area contributed by atoms with E-state index >= 15 is 0 Å². The van der Waals surface area contributed by atoms with Crippen LogP contribution in [0.3, 0.4) is 0 Å². The molecule has 0 bridgehead atoms. The molecule has 0 fully saturated rings. The predicted molar refractivity (Wildman–Crippen MR) is 81.7 cm³/mol. The highest BCUT2D eigenvalue weighted by molar-refractivity contribution is 5.65. The first kappa shape index (κ1) is 13.1. The van der Waals surface area contributed by atoms with Crippen molar-refractivity contribution in [3.63, 3.8) is 0 Å². The lowest BCUT2D eigenvalue weighted by Crippen LogP contribution is -1.95. The van der Waals surface area contributed by atoms with Crippen LogP contribution in [0.15, 0.2) is 54.9 Å². The van der Waals surface area contributed by atoms with Crippen molar-refractivity contribution in [2.24, 2.45) is 0 Å². The van der Waals surface area contributed by atoms with Crippen LogP contribution in [-0.4, -0.2) is 22.1 Å². The Labute approximate surface area is 122 Å². The van der Waals surface area contributed by atoms with Gasteiger partial charge in [-0.2, -0.15) is 0 Å². The summed E-state index contributed by atoms with van der Waals surface area (Å²) < 4.78 is 5.22. The summed E-state index contributed by atoms with van der Waals surface area (Å²) in [5.74, 6) is 1.06. The molecule has 1 aromatic carbocycles. The van der Waals surface area contributed by atoms with E-state index in [4.69, 9.17) is 10.5 Å². The number of nitrogens with zero attached hydrogens (tertiary/aromatic N) is 3. The van der Waals surface area contributed by atoms with Gasteiger partial charge in [-0.3, -0.25) is 4.98 Å². The van der Waals surface area contributed by atoms with E-state index in [9.17, 15) is 0 Å². The molecule has 0 amide bonds. The van der Waals surface area contributed by atoms with Gasteiger partial charge in [0.15, 0.2) is 0 Å². The molecule has 0 saturated carbocycles. The molecule has 0 radical (unpaired) electrons. The van der Waals surface area contributed by atoms with Crippen LogP contribution in [0.1, 0.15) is 0 Å². The van der Waals surface area contributed by atoms with Gasteiger partial charge in [0, 0.05) is 23.5 Å². The van der Waals surface area contributed by atoms with E-state index in [1.807, 2.05) is 36.4 Å². The monoisotopic (exact) mass is 278 g/mol. The first-order valence-corrected chi connectivity index (χ1v) is 6.45. The van der Waals surface area contributed by atoms with Gasteiger partial charge in [-0.05, 0) is 30.3 Å². The molecule has 0 saturated heterocycles. The number of pyridine rings is 1. The zero-order chi connectivity index (χ0) is 14.7. The van der Waals surface area contributed by atoms with Crippen LogP contribution in [-0.2, 0) is 0 Å². The SMILES string of the molecule is COc1cccc(-c2ccc(-c3ccnc(N)n3)cn2)c1. The minimum atomic E-state index is 0.254. The van der Waals surface area contributed by atoms with Crippen LogP contribution in [0.5, 0.6) is 5.75 Å². The zero-order valence-electron chi connectivity index (χ0n) is 11.5. The third-order valence-corrected chi connectivity index (χ3v) is 3.10. The zero-order valence-corrected chi connectivity index (χ0v) is 11.5. The highest BCUT2D eigenvalue weighted by Gasteiger charge is 2.04. The second kappa shape index (κ2) is 5.58. The summed E-state index contributed by atoms with van der Waals surface area (Å²) >= 11 is 0. The summed E-state index contributed by atoms with van der Waals surface area (Å²) in [6, 6.07) is 13.5. The second-order valence-electron chi connectivity index (χ2n) is 4.46. The average Bonchev–Trinajstić information content (AvgIpc) is 2.55. The Bertz CT molecular complexity index is 756. The van der Waals surface area contributed by atoms with E-state index in [1.54, 1.807) is 25.6 Å². The summed E-state index contributed by atoms with van der Waals surface area (Å²) in [5.41, 5.74) is 9.13. The molecular formula is C16H14N4O. The second-order valence-corrected chi connectivity index (χ2v) is 4.46. The van der Waals surface area contributed by atoms with Crippen LogP contribution < -0.4 is 10.5 Å². The van der Waals surface area contributed by atoms with E-state index in [0.717, 1.165) is 28.3 Å². The van der Waals surface area contributed by atoms with Crippen LogP contribution in [0.2, 0.25) is 0 Å². The molecule has 0 aliphatic carbocycles. The largest absolute Gasteiger partial charge is 0.497 e. The number of rotatable bonds is 3. The number of anilines is 1. The number of aromatic nitrogens is 3. The van der Waals surface area contributed by atoms with Crippen LogP contribution in [0.25, 0.3) is 22.5 Å². The molecule has 2 N–H and O–H groups in total. The normalized spacial score (nSPS) is 10.3. The van der Waals surface area contributed by atoms with Gasteiger partial charge in [-0.25, -0.2) is 9.97 Å². The molecule has 2 heterocycles. The van der Waals surface area contributed by atoms with Crippen LogP contribution in [0, 0.1) is 0 Å². The van der Waals surface area contributed by atoms with Crippen molar-refractivity contribution >= 4 is 5.95 Å². The van der Waals surface area contributed by atoms with E-state index in [2.05, 4.69) is 15.0 Å². The quantitative estimate of drug-likeness (QED) is 0.797. The highest BCUT2D eigenvalue weighted by Crippen LogP contribution is 2.24. The van der Waals surface area contributed by atoms with Crippen molar-refractivity contribution in [3.05, 3.63) is 54.9 Å². The van der Waals surface area contributed by atoms with Gasteiger partial charge in [-0.1, -0.05) is 12.1 Å². The number of hydrogen-bond donors (Lipinski definition) is 1. The van der Waals surface area contributed by atoms with E-state index in [0.29, 0.717) is 0 Å². The van der Waals surface area contributed by atoms with Crippen molar-refractivity contribution < 1.29 is 4.74 Å². The highest BCUT2D eigenvalue weighted by atomic mass is 16.5. The van der Waals surface area contributed by atoms with Gasteiger partial charge in [0.2, 0.25) is 5.95 Å². The maximum atomic E-state index is 5.59. The van der Waals surface area contributed by atoms with Gasteiger partial charge in [0.1, 0.15) is 5.75 Å². The fraction of sp³-hybridized carbons (Fsp3) is 0.0625. The molecule has 0 spiro atoms. The number of nitrogens with two attached hydrogens (primary N) is 1. The van der Waals surface area contributed by atoms with Gasteiger partial charge >= 0.3 is 0 Å². The Morgan fingerprint density at radius 2 is 1.86 bits per heavy atom. The fourth-order valence-corrected chi connectivity index (χ4v) is 2.03. The summed E-state index contributed by atoms with van der Waals surface area (Å²) in [4.78, 5) is 12.5. The Kier molecular flexibility index (Phi) is 3.47. The maximum Gasteiger partial charge on any atom is 0.220 e. The first-order chi connectivity index (χ1) is 10.3. The van der Waals surface area contributed by atoms with E-state index in [1.165, 1.54) is 0 Å². The standard InChI is InChI=1S/C16H14N4O/c1-21-13-4-2-3-11(9-13)14-6-5-12(10-19-14)15-7-8-18-16(17)20-15/h2-10H,1H3,(H2,17,18,20). The molecule has 5 heteroatoms. The van der Waals surface area contributed by atoms with Crippen molar-refractivity contribution in [2.45, 2.75) is 0 Å². The van der Waals surface area contributed by atoms with Crippen molar-refractivity contribution in [1.29, 1.82) is 0 Å². The Hall–Kier alpha value is -2.95. The molecule has 2 aromatic heterocycles. The summed E-state index contributed by atoms with van der Waals surface area (Å²) in [7, 11) is 1.65. The third kappa shape index (κ3) is 2.81. The Morgan fingerprint density at radius 3 is 2.57 bits per heavy atom. The minimum absolute atomic E-state index is 0.254. The van der Waals surface area contributed by atoms with Gasteiger partial charge in [0.25, 0.3) is 0 Å². The fourth-order valence-electron chi connectivity index (χ4n) is 2.03. The van der Waals surface area contributed by atoms with E-state index < -0.39 is 0 Å². The Morgan fingerprint density at radius 1 is 0.952 bits per heavy atom. The maximum absolute atomic E-state index is 5.59. The third-order valence-electron chi connectivity index (χ3n) is 3.10. The molecule has 5 nitrogen and oxygen atoms in total. The molecule has 104 valence electrons. The van der Waals surface area contributed by atoms with Gasteiger partial charge in [-0.15, -0.1) is 0 Å². The minimum Gasteiger partial charge on any atom is -0.497 e. The molecule has 3 rings (SSSR count). The number of nitrogen functional groups attached to an aromatic ring is 1. The molecule has 21 heavy (non-hydrogen) atoms. The average molecular weight is 278 g/mol. The van der Waals surface area contributed by atoms with Gasteiger partial charge < -0.3 is 10.5 Å². The summed E-state index contributed by atoms with van der Waals surface area (Å²) in [6.45, 7) is 0. The molecule has 0 aliphatic heterocycles. The number of benzene rings is 1. The molecule has 0 aliphatic rings. The lowest BCUT2D eigenvalue weighted by atomic mass is 10.1. The van der Waals surface area contributed by atoms with Crippen LogP contribution >= 0.6 is 0 Å². The molecule has 3 aromatic rings.